The standard InChI is InChI=1S/C54H50N8Si2/c1-29(2)63(30(3)4,31(5)6)15-13-35-17-41-49-42(18-35)52-54(62-48-24-40(28-58)38(26-56)22-46(48)60-52)44-20-36(14-16-64(32(7)8,33(9)10)34(11)12)19-43(50(44)49)53-51(41)59-45-21-37(25-55)39(27-57)23-47(45)61-53/h17-24,29-34H,1-12H3. The van der Waals surface area contributed by atoms with Crippen LogP contribution in [0.15, 0.2) is 48.5 Å². The van der Waals surface area contributed by atoms with Crippen LogP contribution in [0.2, 0.25) is 33.2 Å². The Hall–Kier alpha value is -6.93. The maximum atomic E-state index is 10.0. The Morgan fingerprint density at radius 3 is 0.766 bits per heavy atom. The van der Waals surface area contributed by atoms with Gasteiger partial charge >= 0.3 is 0 Å². The van der Waals surface area contributed by atoms with E-state index < -0.39 is 16.1 Å². The number of nitrogens with zero attached hydrogens (tertiary/aromatic N) is 8. The molecule has 64 heavy (non-hydrogen) atoms. The van der Waals surface area contributed by atoms with Gasteiger partial charge in [0.2, 0.25) is 0 Å². The zero-order valence-corrected chi connectivity index (χ0v) is 40.7. The zero-order chi connectivity index (χ0) is 46.2. The molecule has 0 spiro atoms. The lowest BCUT2D eigenvalue weighted by molar-refractivity contribution is 0.838. The maximum absolute atomic E-state index is 10.0. The smallest absolute Gasteiger partial charge is 0.146 e. The molecule has 8 nitrogen and oxygen atoms in total. The van der Waals surface area contributed by atoms with Crippen molar-refractivity contribution in [1.29, 1.82) is 21.0 Å². The lowest BCUT2D eigenvalue weighted by Gasteiger charge is -2.38. The highest BCUT2D eigenvalue weighted by molar-refractivity contribution is 6.91. The van der Waals surface area contributed by atoms with Gasteiger partial charge in [-0.1, -0.05) is 94.9 Å². The van der Waals surface area contributed by atoms with Crippen LogP contribution < -0.4 is 0 Å². The summed E-state index contributed by atoms with van der Waals surface area (Å²) in [4.78, 5) is 21.2. The average molecular weight is 867 g/mol. The minimum Gasteiger partial charge on any atom is -0.244 e. The summed E-state index contributed by atoms with van der Waals surface area (Å²) in [6.45, 7) is 27.7. The van der Waals surface area contributed by atoms with Gasteiger partial charge in [0.05, 0.1) is 66.4 Å². The van der Waals surface area contributed by atoms with Gasteiger partial charge in [0, 0.05) is 43.4 Å². The van der Waals surface area contributed by atoms with Crippen LogP contribution >= 0.6 is 0 Å². The third-order valence-corrected chi connectivity index (χ3v) is 26.8. The Morgan fingerprint density at radius 2 is 0.578 bits per heavy atom. The van der Waals surface area contributed by atoms with Gasteiger partial charge in [-0.3, -0.25) is 0 Å². The Morgan fingerprint density at radius 1 is 0.359 bits per heavy atom. The summed E-state index contributed by atoms with van der Waals surface area (Å²) in [7, 11) is -4.33. The first kappa shape index (κ1) is 43.7. The molecule has 0 fully saturated rings. The summed E-state index contributed by atoms with van der Waals surface area (Å²) in [6.07, 6.45) is 0. The molecule has 0 aliphatic heterocycles. The van der Waals surface area contributed by atoms with E-state index in [0.717, 1.165) is 43.4 Å². The van der Waals surface area contributed by atoms with Crippen molar-refractivity contribution in [3.05, 3.63) is 81.9 Å². The molecule has 0 radical (unpaired) electrons. The molecule has 0 atom stereocenters. The SMILES string of the molecule is CC(C)[Si](C#Cc1cc2c3nc4cc(C#N)c(C#N)cc4nc3c3cc(C#C[Si](C(C)C)(C(C)C)C(C)C)cc4c5nc6cc(C#N)c(C#N)cc6nc5c(c1)c2c34)(C(C)C)C(C)C. The normalized spacial score (nSPS) is 12.3. The first-order valence-corrected chi connectivity index (χ1v) is 26.7. The fourth-order valence-electron chi connectivity index (χ4n) is 11.3. The highest BCUT2D eigenvalue weighted by atomic mass is 28.3. The summed E-state index contributed by atoms with van der Waals surface area (Å²) in [5.41, 5.74) is 17.6. The number of fused-ring (bicyclic) bond motifs is 8. The van der Waals surface area contributed by atoms with E-state index in [1.807, 2.05) is 0 Å². The van der Waals surface area contributed by atoms with Crippen LogP contribution in [-0.2, 0) is 0 Å². The molecule has 0 aliphatic rings. The number of hydrogen-bond donors (Lipinski definition) is 0. The molecule has 2 heterocycles. The Labute approximate surface area is 377 Å². The van der Waals surface area contributed by atoms with Gasteiger partial charge < -0.3 is 0 Å². The van der Waals surface area contributed by atoms with E-state index in [9.17, 15) is 21.0 Å². The molecule has 0 saturated heterocycles. The van der Waals surface area contributed by atoms with Gasteiger partial charge in [-0.05, 0) is 81.8 Å². The van der Waals surface area contributed by atoms with E-state index >= 15 is 0 Å². The van der Waals surface area contributed by atoms with Crippen molar-refractivity contribution in [1.82, 2.24) is 19.9 Å². The van der Waals surface area contributed by atoms with E-state index in [1.54, 1.807) is 24.3 Å². The van der Waals surface area contributed by atoms with E-state index in [-0.39, 0.29) is 22.3 Å². The Balaban J connectivity index is 1.64. The largest absolute Gasteiger partial charge is 0.244 e. The fraction of sp³-hybridized carbons (Fsp3) is 0.333. The van der Waals surface area contributed by atoms with Gasteiger partial charge in [-0.25, -0.2) is 19.9 Å². The van der Waals surface area contributed by atoms with Gasteiger partial charge in [0.15, 0.2) is 0 Å². The summed E-state index contributed by atoms with van der Waals surface area (Å²) in [5.74, 6) is 7.42. The fourth-order valence-corrected chi connectivity index (χ4v) is 21.7. The number of benzene rings is 6. The first-order chi connectivity index (χ1) is 30.4. The molecule has 2 aromatic heterocycles. The number of rotatable bonds is 6. The highest BCUT2D eigenvalue weighted by Crippen LogP contribution is 2.46. The quantitative estimate of drug-likeness (QED) is 0.0694. The number of hydrogen-bond acceptors (Lipinski definition) is 8. The molecule has 0 bridgehead atoms. The predicted octanol–water partition coefficient (Wildman–Crippen LogP) is 13.4. The predicted molar refractivity (Wildman–Crippen MR) is 266 cm³/mol. The van der Waals surface area contributed by atoms with Crippen LogP contribution in [0.25, 0.3) is 76.5 Å². The Kier molecular flexibility index (Phi) is 10.9. The van der Waals surface area contributed by atoms with Crippen molar-refractivity contribution in [3.63, 3.8) is 0 Å². The summed E-state index contributed by atoms with van der Waals surface area (Å²) in [6, 6.07) is 23.8. The molecule has 6 aromatic carbocycles. The number of nitriles is 4. The maximum Gasteiger partial charge on any atom is 0.146 e. The van der Waals surface area contributed by atoms with Crippen molar-refractivity contribution in [2.24, 2.45) is 0 Å². The average Bonchev–Trinajstić information content (AvgIpc) is 3.26. The van der Waals surface area contributed by atoms with Crippen LogP contribution in [0, 0.1) is 68.3 Å². The molecule has 8 rings (SSSR count). The van der Waals surface area contributed by atoms with E-state index in [1.165, 1.54) is 0 Å². The lowest BCUT2D eigenvalue weighted by atomic mass is 9.88. The van der Waals surface area contributed by atoms with Gasteiger partial charge in [-0.2, -0.15) is 21.0 Å². The second-order valence-corrected chi connectivity index (χ2v) is 30.4. The highest BCUT2D eigenvalue weighted by Gasteiger charge is 2.43. The van der Waals surface area contributed by atoms with Gasteiger partial charge in [0.1, 0.15) is 40.4 Å². The van der Waals surface area contributed by atoms with E-state index in [2.05, 4.69) is 155 Å². The minimum absolute atomic E-state index is 0.236. The minimum atomic E-state index is -2.16. The second-order valence-electron chi connectivity index (χ2n) is 19.2. The number of aromatic nitrogens is 4. The molecular formula is C54H50N8Si2. The van der Waals surface area contributed by atoms with Crippen LogP contribution in [-0.4, -0.2) is 36.1 Å². The van der Waals surface area contributed by atoms with Crippen LogP contribution in [0.3, 0.4) is 0 Å². The topological polar surface area (TPSA) is 147 Å². The molecule has 0 N–H and O–H groups in total. The van der Waals surface area contributed by atoms with Crippen molar-refractivity contribution in [2.45, 2.75) is 116 Å². The van der Waals surface area contributed by atoms with E-state index in [4.69, 9.17) is 19.9 Å². The Bertz CT molecular complexity index is 3140. The first-order valence-electron chi connectivity index (χ1n) is 22.2. The zero-order valence-electron chi connectivity index (χ0n) is 38.7. The second kappa shape index (κ2) is 16.0. The monoisotopic (exact) mass is 866 g/mol. The lowest BCUT2D eigenvalue weighted by Crippen LogP contribution is -2.43. The summed E-state index contributed by atoms with van der Waals surface area (Å²) >= 11 is 0. The molecule has 0 unspecified atom stereocenters. The molecule has 314 valence electrons. The molecule has 0 aliphatic carbocycles. The van der Waals surface area contributed by atoms with Crippen molar-refractivity contribution in [2.75, 3.05) is 0 Å². The van der Waals surface area contributed by atoms with Crippen molar-refractivity contribution < 1.29 is 0 Å². The van der Waals surface area contributed by atoms with Gasteiger partial charge in [-0.15, -0.1) is 11.1 Å². The summed E-state index contributed by atoms with van der Waals surface area (Å²) in [5, 5.41) is 45.4. The molecule has 10 heteroatoms. The third-order valence-electron chi connectivity index (χ3n) is 14.2. The van der Waals surface area contributed by atoms with Crippen molar-refractivity contribution >= 4 is 92.6 Å². The van der Waals surface area contributed by atoms with E-state index in [0.29, 0.717) is 77.4 Å². The van der Waals surface area contributed by atoms with Gasteiger partial charge in [0.25, 0.3) is 0 Å². The van der Waals surface area contributed by atoms with Crippen LogP contribution in [0.5, 0.6) is 0 Å². The molecule has 0 amide bonds. The molecule has 0 saturated carbocycles. The van der Waals surface area contributed by atoms with Crippen LogP contribution in [0.1, 0.15) is 116 Å². The van der Waals surface area contributed by atoms with Crippen LogP contribution in [0.4, 0.5) is 0 Å². The molecule has 8 aromatic rings. The third kappa shape index (κ3) is 6.53. The van der Waals surface area contributed by atoms with Crippen molar-refractivity contribution in [3.8, 4) is 47.2 Å². The summed E-state index contributed by atoms with van der Waals surface area (Å²) < 4.78 is 0. The molecular weight excluding hydrogens is 817 g/mol.